The quantitative estimate of drug-likeness (QED) is 0.881. The highest BCUT2D eigenvalue weighted by molar-refractivity contribution is 9.10. The topological polar surface area (TPSA) is 68.3 Å². The molecule has 1 aliphatic heterocycles. The molecule has 3 N–H and O–H groups in total. The van der Waals surface area contributed by atoms with E-state index in [1.165, 1.54) is 0 Å². The number of benzene rings is 1. The molecule has 6 heteroatoms. The van der Waals surface area contributed by atoms with Crippen molar-refractivity contribution in [3.8, 4) is 0 Å². The van der Waals surface area contributed by atoms with E-state index in [9.17, 15) is 4.79 Å². The van der Waals surface area contributed by atoms with Crippen LogP contribution in [0.3, 0.4) is 0 Å². The first-order valence-electron chi connectivity index (χ1n) is 5.67. The average molecular weight is 342 g/mol. The summed E-state index contributed by atoms with van der Waals surface area (Å²) in [7, 11) is 0. The number of hydrogen-bond donors (Lipinski definition) is 2. The van der Waals surface area contributed by atoms with E-state index in [0.29, 0.717) is 16.1 Å². The van der Waals surface area contributed by atoms with Gasteiger partial charge in [0.05, 0.1) is 18.7 Å². The van der Waals surface area contributed by atoms with Crippen molar-refractivity contribution in [2.75, 3.05) is 5.32 Å². The minimum atomic E-state index is -0.401. The van der Waals surface area contributed by atoms with Crippen LogP contribution in [0.4, 0.5) is 5.69 Å². The number of amides is 1. The van der Waals surface area contributed by atoms with Gasteiger partial charge in [0.1, 0.15) is 0 Å². The molecule has 4 nitrogen and oxygen atoms in total. The second-order valence-electron chi connectivity index (χ2n) is 4.38. The molecule has 2 aromatic rings. The Balaban J connectivity index is 2.05. The van der Waals surface area contributed by atoms with Gasteiger partial charge in [0, 0.05) is 16.3 Å². The Morgan fingerprint density at radius 1 is 1.42 bits per heavy atom. The molecule has 1 aromatic carbocycles. The first kappa shape index (κ1) is 12.7. The molecule has 0 fully saturated rings. The monoisotopic (exact) mass is 340 g/mol. The van der Waals surface area contributed by atoms with E-state index in [1.54, 1.807) is 18.4 Å². The molecule has 1 amide bonds. The number of carbonyl (C=O) groups is 1. The third kappa shape index (κ3) is 2.18. The maximum absolute atomic E-state index is 11.4. The Labute approximate surface area is 123 Å². The summed E-state index contributed by atoms with van der Waals surface area (Å²) in [6.07, 6.45) is 1.92. The molecule has 1 aliphatic rings. The van der Waals surface area contributed by atoms with Crippen molar-refractivity contribution in [1.29, 1.82) is 0 Å². The van der Waals surface area contributed by atoms with Crippen molar-refractivity contribution in [1.82, 2.24) is 0 Å². The Hall–Kier alpha value is -1.30. The lowest BCUT2D eigenvalue weighted by Crippen LogP contribution is -2.12. The fourth-order valence-corrected chi connectivity index (χ4v) is 2.97. The fraction of sp³-hybridized carbons (Fsp3) is 0.154. The van der Waals surface area contributed by atoms with Gasteiger partial charge in [-0.25, -0.2) is 0 Å². The van der Waals surface area contributed by atoms with Gasteiger partial charge in [0.15, 0.2) is 4.67 Å². The summed E-state index contributed by atoms with van der Waals surface area (Å²) in [5.41, 5.74) is 9.48. The normalized spacial score (nSPS) is 15.2. The summed E-state index contributed by atoms with van der Waals surface area (Å²) < 4.78 is 5.77. The Bertz CT molecular complexity index is 669. The summed E-state index contributed by atoms with van der Waals surface area (Å²) >= 11 is 9.55. The first-order valence-corrected chi connectivity index (χ1v) is 6.84. The predicted molar refractivity (Wildman–Crippen MR) is 76.2 cm³/mol. The number of hydrogen-bond acceptors (Lipinski definition) is 3. The zero-order chi connectivity index (χ0) is 13.6. The van der Waals surface area contributed by atoms with E-state index in [2.05, 4.69) is 21.2 Å². The second-order valence-corrected chi connectivity index (χ2v) is 5.51. The first-order chi connectivity index (χ1) is 9.06. The van der Waals surface area contributed by atoms with Crippen LogP contribution in [0, 0.1) is 0 Å². The molecule has 1 aromatic heterocycles. The molecule has 0 spiro atoms. The van der Waals surface area contributed by atoms with Crippen LogP contribution < -0.4 is 11.1 Å². The summed E-state index contributed by atoms with van der Waals surface area (Å²) in [5, 5.41) is 3.29. The molecule has 1 atom stereocenters. The molecule has 0 radical (unpaired) electrons. The lowest BCUT2D eigenvalue weighted by atomic mass is 9.99. The average Bonchev–Trinajstić information content (AvgIpc) is 2.92. The zero-order valence-electron chi connectivity index (χ0n) is 9.74. The van der Waals surface area contributed by atoms with Gasteiger partial charge in [0.2, 0.25) is 5.91 Å². The Morgan fingerprint density at radius 2 is 2.21 bits per heavy atom. The molecular formula is C13H10BrClN2O2. The fourth-order valence-electron chi connectivity index (χ4n) is 2.20. The maximum atomic E-state index is 11.4. The molecule has 3 rings (SSSR count). The molecule has 0 bridgehead atoms. The number of rotatable bonds is 2. The van der Waals surface area contributed by atoms with Crippen LogP contribution in [-0.4, -0.2) is 5.91 Å². The summed E-state index contributed by atoms with van der Waals surface area (Å²) in [6.45, 7) is 0. The molecule has 19 heavy (non-hydrogen) atoms. The minimum absolute atomic E-state index is 0.0266. The van der Waals surface area contributed by atoms with Crippen molar-refractivity contribution in [2.45, 2.75) is 12.5 Å². The van der Waals surface area contributed by atoms with E-state index in [0.717, 1.165) is 22.4 Å². The Kier molecular flexibility index (Phi) is 3.12. The smallest absolute Gasteiger partial charge is 0.228 e. The highest BCUT2D eigenvalue weighted by Gasteiger charge is 2.23. The van der Waals surface area contributed by atoms with Gasteiger partial charge < -0.3 is 15.5 Å². The number of carbonyl (C=O) groups excluding carboxylic acids is 1. The van der Waals surface area contributed by atoms with Gasteiger partial charge in [0.25, 0.3) is 0 Å². The summed E-state index contributed by atoms with van der Waals surface area (Å²) in [6, 6.07) is 5.01. The lowest BCUT2D eigenvalue weighted by Gasteiger charge is -2.14. The summed E-state index contributed by atoms with van der Waals surface area (Å²) in [4.78, 5) is 11.4. The highest BCUT2D eigenvalue weighted by Crippen LogP contribution is 2.36. The molecule has 2 heterocycles. The number of halogens is 2. The van der Waals surface area contributed by atoms with Gasteiger partial charge in [-0.15, -0.1) is 0 Å². The van der Waals surface area contributed by atoms with E-state index in [1.807, 2.05) is 6.07 Å². The third-order valence-corrected chi connectivity index (χ3v) is 4.14. The number of nitrogens with one attached hydrogen (secondary N) is 1. The van der Waals surface area contributed by atoms with Gasteiger partial charge in [-0.2, -0.15) is 0 Å². The van der Waals surface area contributed by atoms with Gasteiger partial charge in [-0.05, 0) is 45.3 Å². The highest BCUT2D eigenvalue weighted by atomic mass is 79.9. The maximum Gasteiger partial charge on any atom is 0.228 e. The lowest BCUT2D eigenvalue weighted by molar-refractivity contribution is -0.115. The Morgan fingerprint density at radius 3 is 2.89 bits per heavy atom. The van der Waals surface area contributed by atoms with E-state index < -0.39 is 6.04 Å². The van der Waals surface area contributed by atoms with Crippen LogP contribution in [0.1, 0.15) is 22.7 Å². The molecule has 0 aliphatic carbocycles. The van der Waals surface area contributed by atoms with Crippen LogP contribution in [0.2, 0.25) is 5.02 Å². The standard InChI is InChI=1S/C13H10BrClN2O2/c14-13-7(1-2-19-13)12(16)8-3-6-4-11(18)17-10(6)5-9(8)15/h1-3,5,12H,4,16H2,(H,17,18). The van der Waals surface area contributed by atoms with Crippen LogP contribution in [0.5, 0.6) is 0 Å². The van der Waals surface area contributed by atoms with Crippen molar-refractivity contribution in [3.63, 3.8) is 0 Å². The molecule has 1 unspecified atom stereocenters. The van der Waals surface area contributed by atoms with E-state index in [4.69, 9.17) is 21.8 Å². The molecular weight excluding hydrogens is 332 g/mol. The van der Waals surface area contributed by atoms with Crippen molar-refractivity contribution in [2.24, 2.45) is 5.73 Å². The van der Waals surface area contributed by atoms with Crippen molar-refractivity contribution < 1.29 is 9.21 Å². The number of furan rings is 1. The van der Waals surface area contributed by atoms with Crippen LogP contribution in [0.15, 0.2) is 33.5 Å². The minimum Gasteiger partial charge on any atom is -0.457 e. The predicted octanol–water partition coefficient (Wildman–Crippen LogP) is 3.24. The molecule has 0 saturated carbocycles. The molecule has 98 valence electrons. The van der Waals surface area contributed by atoms with Gasteiger partial charge in [-0.3, -0.25) is 4.79 Å². The number of nitrogens with two attached hydrogens (primary N) is 1. The van der Waals surface area contributed by atoms with Crippen molar-refractivity contribution >= 4 is 39.1 Å². The van der Waals surface area contributed by atoms with E-state index in [-0.39, 0.29) is 5.91 Å². The zero-order valence-corrected chi connectivity index (χ0v) is 12.1. The van der Waals surface area contributed by atoms with Crippen LogP contribution >= 0.6 is 27.5 Å². The van der Waals surface area contributed by atoms with Gasteiger partial charge in [-0.1, -0.05) is 11.6 Å². The van der Waals surface area contributed by atoms with Gasteiger partial charge >= 0.3 is 0 Å². The van der Waals surface area contributed by atoms with Crippen LogP contribution in [0.25, 0.3) is 0 Å². The molecule has 0 saturated heterocycles. The number of fused-ring (bicyclic) bond motifs is 1. The summed E-state index contributed by atoms with van der Waals surface area (Å²) in [5.74, 6) is -0.0266. The van der Waals surface area contributed by atoms with Crippen molar-refractivity contribution in [3.05, 3.63) is 50.8 Å². The van der Waals surface area contributed by atoms with E-state index >= 15 is 0 Å². The second kappa shape index (κ2) is 4.67. The van der Waals surface area contributed by atoms with Crippen LogP contribution in [-0.2, 0) is 11.2 Å². The largest absolute Gasteiger partial charge is 0.457 e. The SMILES string of the molecule is NC(c1cc2c(cc1Cl)NC(=O)C2)c1ccoc1Br. The third-order valence-electron chi connectivity index (χ3n) is 3.16. The number of anilines is 1.